The van der Waals surface area contributed by atoms with Crippen LogP contribution in [0.2, 0.25) is 0 Å². The van der Waals surface area contributed by atoms with Gasteiger partial charge >= 0.3 is 0 Å². The summed E-state index contributed by atoms with van der Waals surface area (Å²) in [5, 5.41) is 0. The van der Waals surface area contributed by atoms with Crippen molar-refractivity contribution in [2.45, 2.75) is 45.6 Å². The molecule has 0 radical (unpaired) electrons. The summed E-state index contributed by atoms with van der Waals surface area (Å²) in [5.41, 5.74) is 1.25. The monoisotopic (exact) mass is 156 g/mol. The lowest BCUT2D eigenvalue weighted by Crippen LogP contribution is -2.11. The fourth-order valence-corrected chi connectivity index (χ4v) is 1.19. The van der Waals surface area contributed by atoms with Gasteiger partial charge in [-0.2, -0.15) is 0 Å². The van der Waals surface area contributed by atoms with Crippen molar-refractivity contribution in [1.29, 1.82) is 0 Å². The maximum atomic E-state index is 5.26. The molecule has 1 heteroatoms. The van der Waals surface area contributed by atoms with Crippen LogP contribution in [0.25, 0.3) is 0 Å². The van der Waals surface area contributed by atoms with E-state index in [0.29, 0.717) is 0 Å². The Bertz CT molecular complexity index is 103. The van der Waals surface area contributed by atoms with Gasteiger partial charge in [0.15, 0.2) is 0 Å². The molecule has 0 N–H and O–H groups in total. The topological polar surface area (TPSA) is 9.23 Å². The predicted molar refractivity (Wildman–Crippen MR) is 49.8 cm³/mol. The van der Waals surface area contributed by atoms with Gasteiger partial charge in [0.05, 0.1) is 6.10 Å². The Labute approximate surface area is 70.4 Å². The van der Waals surface area contributed by atoms with E-state index in [1.807, 2.05) is 0 Å². The molecule has 0 aromatic heterocycles. The number of unbranched alkanes of at least 4 members (excludes halogenated alkanes) is 1. The van der Waals surface area contributed by atoms with Crippen LogP contribution in [0.15, 0.2) is 12.2 Å². The molecule has 0 aliphatic heterocycles. The Kier molecular flexibility index (Phi) is 6.24. The molecule has 0 spiro atoms. The van der Waals surface area contributed by atoms with Crippen molar-refractivity contribution < 1.29 is 4.74 Å². The number of rotatable bonds is 6. The van der Waals surface area contributed by atoms with Crippen molar-refractivity contribution in [2.75, 3.05) is 7.11 Å². The van der Waals surface area contributed by atoms with E-state index in [-0.39, 0.29) is 6.10 Å². The quantitative estimate of drug-likeness (QED) is 0.537. The van der Waals surface area contributed by atoms with Gasteiger partial charge in [-0.05, 0) is 24.8 Å². The molecular formula is C10H20O. The van der Waals surface area contributed by atoms with Gasteiger partial charge in [-0.25, -0.2) is 0 Å². The molecule has 0 fully saturated rings. The summed E-state index contributed by atoms with van der Waals surface area (Å²) < 4.78 is 5.26. The van der Waals surface area contributed by atoms with E-state index in [9.17, 15) is 0 Å². The predicted octanol–water partition coefficient (Wildman–Crippen LogP) is 3.16. The first-order valence-electron chi connectivity index (χ1n) is 4.46. The van der Waals surface area contributed by atoms with E-state index in [0.717, 1.165) is 12.8 Å². The van der Waals surface area contributed by atoms with Gasteiger partial charge in [-0.3, -0.25) is 0 Å². The van der Waals surface area contributed by atoms with E-state index in [4.69, 9.17) is 4.74 Å². The maximum absolute atomic E-state index is 5.26. The van der Waals surface area contributed by atoms with E-state index in [1.54, 1.807) is 7.11 Å². The highest BCUT2D eigenvalue weighted by Gasteiger charge is 2.07. The molecular weight excluding hydrogens is 136 g/mol. The van der Waals surface area contributed by atoms with Crippen molar-refractivity contribution in [3.8, 4) is 0 Å². The number of methoxy groups -OCH3 is 1. The molecule has 0 saturated carbocycles. The summed E-state index contributed by atoms with van der Waals surface area (Å²) in [7, 11) is 1.76. The van der Waals surface area contributed by atoms with Gasteiger partial charge in [-0.1, -0.05) is 26.8 Å². The van der Waals surface area contributed by atoms with Crippen LogP contribution in [0.4, 0.5) is 0 Å². The molecule has 0 aliphatic rings. The molecule has 11 heavy (non-hydrogen) atoms. The lowest BCUT2D eigenvalue weighted by molar-refractivity contribution is 0.125. The molecule has 1 nitrogen and oxygen atoms in total. The summed E-state index contributed by atoms with van der Waals surface area (Å²) in [5.74, 6) is 0. The van der Waals surface area contributed by atoms with E-state index in [2.05, 4.69) is 20.4 Å². The van der Waals surface area contributed by atoms with Crippen molar-refractivity contribution in [1.82, 2.24) is 0 Å². The van der Waals surface area contributed by atoms with Crippen molar-refractivity contribution in [3.63, 3.8) is 0 Å². The van der Waals surface area contributed by atoms with Crippen LogP contribution < -0.4 is 0 Å². The average molecular weight is 156 g/mol. The van der Waals surface area contributed by atoms with E-state index < -0.39 is 0 Å². The first-order chi connectivity index (χ1) is 5.26. The third-order valence-electron chi connectivity index (χ3n) is 1.96. The van der Waals surface area contributed by atoms with Crippen molar-refractivity contribution >= 4 is 0 Å². The zero-order valence-corrected chi connectivity index (χ0v) is 8.02. The first-order valence-corrected chi connectivity index (χ1v) is 4.46. The van der Waals surface area contributed by atoms with Gasteiger partial charge < -0.3 is 4.74 Å². The second-order valence-corrected chi connectivity index (χ2v) is 2.89. The molecule has 0 aromatic carbocycles. The van der Waals surface area contributed by atoms with Crippen LogP contribution in [0, 0.1) is 0 Å². The lowest BCUT2D eigenvalue weighted by Gasteiger charge is -2.15. The minimum atomic E-state index is 0.279. The number of ether oxygens (including phenoxy) is 1. The highest BCUT2D eigenvalue weighted by Crippen LogP contribution is 2.14. The smallest absolute Gasteiger partial charge is 0.0776 e. The fourth-order valence-electron chi connectivity index (χ4n) is 1.19. The first kappa shape index (κ1) is 10.7. The van der Waals surface area contributed by atoms with Gasteiger partial charge in [0.25, 0.3) is 0 Å². The molecule has 0 aromatic rings. The van der Waals surface area contributed by atoms with E-state index >= 15 is 0 Å². The highest BCUT2D eigenvalue weighted by molar-refractivity contribution is 5.01. The Morgan fingerprint density at radius 3 is 2.45 bits per heavy atom. The Morgan fingerprint density at radius 1 is 1.45 bits per heavy atom. The summed E-state index contributed by atoms with van der Waals surface area (Å²) >= 11 is 0. The minimum Gasteiger partial charge on any atom is -0.377 e. The molecule has 0 heterocycles. The van der Waals surface area contributed by atoms with Crippen molar-refractivity contribution in [2.24, 2.45) is 0 Å². The molecule has 0 aliphatic carbocycles. The Morgan fingerprint density at radius 2 is 2.09 bits per heavy atom. The Balaban J connectivity index is 3.61. The Hall–Kier alpha value is -0.300. The lowest BCUT2D eigenvalue weighted by atomic mass is 10.0. The SMILES string of the molecule is C=C(CCCC)C(CC)OC. The average Bonchev–Trinajstić information content (AvgIpc) is 2.03. The third-order valence-corrected chi connectivity index (χ3v) is 1.96. The molecule has 66 valence electrons. The summed E-state index contributed by atoms with van der Waals surface area (Å²) in [6.07, 6.45) is 4.90. The second-order valence-electron chi connectivity index (χ2n) is 2.89. The summed E-state index contributed by atoms with van der Waals surface area (Å²) in [6, 6.07) is 0. The van der Waals surface area contributed by atoms with Crippen LogP contribution in [-0.4, -0.2) is 13.2 Å². The molecule has 0 rings (SSSR count). The minimum absolute atomic E-state index is 0.279. The number of hydrogen-bond acceptors (Lipinski definition) is 1. The molecule has 0 saturated heterocycles. The van der Waals surface area contributed by atoms with Gasteiger partial charge in [0.2, 0.25) is 0 Å². The van der Waals surface area contributed by atoms with Crippen molar-refractivity contribution in [3.05, 3.63) is 12.2 Å². The largest absolute Gasteiger partial charge is 0.377 e. The fraction of sp³-hybridized carbons (Fsp3) is 0.800. The molecule has 0 amide bonds. The maximum Gasteiger partial charge on any atom is 0.0776 e. The van der Waals surface area contributed by atoms with E-state index in [1.165, 1.54) is 18.4 Å². The molecule has 1 atom stereocenters. The zero-order chi connectivity index (χ0) is 8.69. The second kappa shape index (κ2) is 6.41. The van der Waals surface area contributed by atoms with Gasteiger partial charge in [0, 0.05) is 7.11 Å². The van der Waals surface area contributed by atoms with Gasteiger partial charge in [0.1, 0.15) is 0 Å². The van der Waals surface area contributed by atoms with Gasteiger partial charge in [-0.15, -0.1) is 0 Å². The zero-order valence-electron chi connectivity index (χ0n) is 8.02. The normalized spacial score (nSPS) is 13.0. The third kappa shape index (κ3) is 4.20. The van der Waals surface area contributed by atoms with Crippen LogP contribution in [0.3, 0.4) is 0 Å². The van der Waals surface area contributed by atoms with Crippen LogP contribution in [-0.2, 0) is 4.74 Å². The highest BCUT2D eigenvalue weighted by atomic mass is 16.5. The van der Waals surface area contributed by atoms with Crippen LogP contribution in [0.1, 0.15) is 39.5 Å². The number of hydrogen-bond donors (Lipinski definition) is 0. The summed E-state index contributed by atoms with van der Waals surface area (Å²) in [6.45, 7) is 8.33. The summed E-state index contributed by atoms with van der Waals surface area (Å²) in [4.78, 5) is 0. The molecule has 0 bridgehead atoms. The van der Waals surface area contributed by atoms with Crippen LogP contribution in [0.5, 0.6) is 0 Å². The standard InChI is InChI=1S/C10H20O/c1-5-7-8-9(3)10(6-2)11-4/h10H,3,5-8H2,1-2,4H3. The molecule has 1 unspecified atom stereocenters. The van der Waals surface area contributed by atoms with Crippen LogP contribution >= 0.6 is 0 Å².